The zero-order valence-electron chi connectivity index (χ0n) is 11.6. The summed E-state index contributed by atoms with van der Waals surface area (Å²) in [5, 5.41) is 4.33. The van der Waals surface area contributed by atoms with Crippen molar-refractivity contribution in [2.24, 2.45) is 0 Å². The van der Waals surface area contributed by atoms with Crippen LogP contribution in [0.3, 0.4) is 0 Å². The highest BCUT2D eigenvalue weighted by atomic mass is 35.5. The lowest BCUT2D eigenvalue weighted by Crippen LogP contribution is -2.33. The summed E-state index contributed by atoms with van der Waals surface area (Å²) in [5.74, 6) is 2.20. The molecular weight excluding hydrogens is 278 g/mol. The van der Waals surface area contributed by atoms with Gasteiger partial charge in [0.2, 0.25) is 0 Å². The van der Waals surface area contributed by atoms with E-state index in [9.17, 15) is 0 Å². The molecule has 0 aliphatic carbocycles. The maximum atomic E-state index is 6.10. The molecule has 19 heavy (non-hydrogen) atoms. The Morgan fingerprint density at radius 2 is 2.32 bits per heavy atom. The number of nitrogens with one attached hydrogen (secondary N) is 1. The quantitative estimate of drug-likeness (QED) is 0.792. The van der Waals surface area contributed by atoms with E-state index in [0.717, 1.165) is 30.2 Å². The van der Waals surface area contributed by atoms with Crippen molar-refractivity contribution in [1.82, 2.24) is 5.32 Å². The maximum absolute atomic E-state index is 6.10. The van der Waals surface area contributed by atoms with Gasteiger partial charge in [-0.15, -0.1) is 0 Å². The van der Waals surface area contributed by atoms with Crippen LogP contribution in [0, 0.1) is 0 Å². The first kappa shape index (κ1) is 15.0. The zero-order valence-corrected chi connectivity index (χ0v) is 13.2. The molecule has 2 rings (SSSR count). The number of hydrogen-bond donors (Lipinski definition) is 1. The van der Waals surface area contributed by atoms with Crippen molar-refractivity contribution in [2.45, 2.75) is 38.3 Å². The van der Waals surface area contributed by atoms with E-state index in [1.54, 1.807) is 0 Å². The van der Waals surface area contributed by atoms with Crippen molar-refractivity contribution in [3.63, 3.8) is 0 Å². The minimum Gasteiger partial charge on any atom is -0.490 e. The predicted octanol–water partition coefficient (Wildman–Crippen LogP) is 4.28. The molecule has 106 valence electrons. The van der Waals surface area contributed by atoms with Gasteiger partial charge in [-0.25, -0.2) is 0 Å². The highest BCUT2D eigenvalue weighted by Gasteiger charge is 2.27. The van der Waals surface area contributed by atoms with Gasteiger partial charge in [-0.05, 0) is 49.6 Å². The lowest BCUT2D eigenvalue weighted by atomic mass is 9.94. The number of rotatable bonds is 6. The summed E-state index contributed by atoms with van der Waals surface area (Å²) in [6, 6.07) is 6.31. The van der Waals surface area contributed by atoms with E-state index < -0.39 is 0 Å². The number of benzene rings is 1. The summed E-state index contributed by atoms with van der Waals surface area (Å²) in [6.45, 7) is 3.11. The molecule has 0 spiro atoms. The van der Waals surface area contributed by atoms with Gasteiger partial charge in [0.15, 0.2) is 0 Å². The first-order valence-corrected chi connectivity index (χ1v) is 8.70. The third-order valence-corrected chi connectivity index (χ3v) is 4.40. The van der Waals surface area contributed by atoms with E-state index in [0.29, 0.717) is 12.1 Å². The van der Waals surface area contributed by atoms with Gasteiger partial charge in [0.05, 0.1) is 0 Å². The van der Waals surface area contributed by atoms with Gasteiger partial charge in [-0.1, -0.05) is 18.5 Å². The maximum Gasteiger partial charge on any atom is 0.124 e. The average molecular weight is 300 g/mol. The molecule has 1 heterocycles. The minimum atomic E-state index is 0.324. The Morgan fingerprint density at radius 1 is 1.47 bits per heavy atom. The van der Waals surface area contributed by atoms with E-state index in [-0.39, 0.29) is 0 Å². The van der Waals surface area contributed by atoms with Crippen LogP contribution in [-0.4, -0.2) is 24.7 Å². The van der Waals surface area contributed by atoms with Crippen LogP contribution < -0.4 is 10.1 Å². The van der Waals surface area contributed by atoms with E-state index in [2.05, 4.69) is 18.5 Å². The second-order valence-electron chi connectivity index (χ2n) is 4.90. The van der Waals surface area contributed by atoms with E-state index in [4.69, 9.17) is 16.3 Å². The van der Waals surface area contributed by atoms with Crippen molar-refractivity contribution in [3.05, 3.63) is 28.8 Å². The summed E-state index contributed by atoms with van der Waals surface area (Å²) in [5.41, 5.74) is 1.20. The Morgan fingerprint density at radius 3 is 3.05 bits per heavy atom. The molecule has 0 saturated heterocycles. The van der Waals surface area contributed by atoms with Crippen LogP contribution >= 0.6 is 23.4 Å². The summed E-state index contributed by atoms with van der Waals surface area (Å²) in [7, 11) is 0. The topological polar surface area (TPSA) is 21.3 Å². The van der Waals surface area contributed by atoms with E-state index >= 15 is 0 Å². The highest BCUT2D eigenvalue weighted by molar-refractivity contribution is 7.98. The van der Waals surface area contributed by atoms with E-state index in [1.165, 1.54) is 17.7 Å². The highest BCUT2D eigenvalue weighted by Crippen LogP contribution is 2.37. The fourth-order valence-corrected chi connectivity index (χ4v) is 3.22. The van der Waals surface area contributed by atoms with Gasteiger partial charge in [0.1, 0.15) is 11.9 Å². The van der Waals surface area contributed by atoms with Gasteiger partial charge < -0.3 is 10.1 Å². The van der Waals surface area contributed by atoms with Gasteiger partial charge >= 0.3 is 0 Å². The molecule has 0 aromatic heterocycles. The fraction of sp³-hybridized carbons (Fsp3) is 0.600. The average Bonchev–Trinajstić information content (AvgIpc) is 2.40. The SMILES string of the molecule is CCNC1CC(CCCSC)Oc2ccc(Cl)cc21. The Kier molecular flexibility index (Phi) is 5.86. The van der Waals surface area contributed by atoms with Crippen LogP contribution in [0.5, 0.6) is 5.75 Å². The van der Waals surface area contributed by atoms with Crippen molar-refractivity contribution in [2.75, 3.05) is 18.6 Å². The Hall–Kier alpha value is -0.380. The normalized spacial score (nSPS) is 21.8. The molecule has 4 heteroatoms. The lowest BCUT2D eigenvalue weighted by molar-refractivity contribution is 0.141. The fourth-order valence-electron chi connectivity index (χ4n) is 2.59. The molecule has 2 unspecified atom stereocenters. The van der Waals surface area contributed by atoms with Crippen molar-refractivity contribution >= 4 is 23.4 Å². The van der Waals surface area contributed by atoms with Crippen LogP contribution in [0.15, 0.2) is 18.2 Å². The van der Waals surface area contributed by atoms with Crippen molar-refractivity contribution < 1.29 is 4.74 Å². The summed E-state index contributed by atoms with van der Waals surface area (Å²) < 4.78 is 6.10. The largest absolute Gasteiger partial charge is 0.490 e. The molecule has 0 saturated carbocycles. The van der Waals surface area contributed by atoms with Gasteiger partial charge in [0.25, 0.3) is 0 Å². The summed E-state index contributed by atoms with van der Waals surface area (Å²) in [4.78, 5) is 0. The molecule has 1 aromatic rings. The molecular formula is C15H22ClNOS. The van der Waals surface area contributed by atoms with Crippen molar-refractivity contribution in [3.8, 4) is 5.75 Å². The molecule has 2 atom stereocenters. The van der Waals surface area contributed by atoms with Crippen LogP contribution in [0.25, 0.3) is 0 Å². The number of hydrogen-bond acceptors (Lipinski definition) is 3. The summed E-state index contributed by atoms with van der Waals surface area (Å²) >= 11 is 8.00. The molecule has 0 fully saturated rings. The first-order chi connectivity index (χ1) is 9.24. The Labute approximate surface area is 125 Å². The number of halogens is 1. The Balaban J connectivity index is 2.09. The number of thioether (sulfide) groups is 1. The zero-order chi connectivity index (χ0) is 13.7. The minimum absolute atomic E-state index is 0.324. The molecule has 0 radical (unpaired) electrons. The first-order valence-electron chi connectivity index (χ1n) is 6.93. The molecule has 2 nitrogen and oxygen atoms in total. The van der Waals surface area contributed by atoms with Gasteiger partial charge in [-0.2, -0.15) is 11.8 Å². The molecule has 1 aliphatic rings. The summed E-state index contributed by atoms with van der Waals surface area (Å²) in [6.07, 6.45) is 5.86. The van der Waals surface area contributed by atoms with E-state index in [1.807, 2.05) is 30.0 Å². The number of fused-ring (bicyclic) bond motifs is 1. The van der Waals surface area contributed by atoms with Crippen LogP contribution in [0.1, 0.15) is 37.8 Å². The van der Waals surface area contributed by atoms with Crippen LogP contribution in [0.2, 0.25) is 5.02 Å². The van der Waals surface area contributed by atoms with Gasteiger partial charge in [0, 0.05) is 23.0 Å². The molecule has 1 N–H and O–H groups in total. The standard InChI is InChI=1S/C15H22ClNOS/c1-3-17-14-10-12(5-4-8-19-2)18-15-7-6-11(16)9-13(14)15/h6-7,9,12,14,17H,3-5,8,10H2,1-2H3. The molecule has 0 bridgehead atoms. The second-order valence-corrected chi connectivity index (χ2v) is 6.33. The third-order valence-electron chi connectivity index (χ3n) is 3.46. The lowest BCUT2D eigenvalue weighted by Gasteiger charge is -2.33. The third kappa shape index (κ3) is 4.04. The monoisotopic (exact) mass is 299 g/mol. The smallest absolute Gasteiger partial charge is 0.124 e. The van der Waals surface area contributed by atoms with Crippen molar-refractivity contribution in [1.29, 1.82) is 0 Å². The Bertz CT molecular complexity index is 413. The molecule has 1 aromatic carbocycles. The van der Waals surface area contributed by atoms with Crippen LogP contribution in [0.4, 0.5) is 0 Å². The molecule has 1 aliphatic heterocycles. The van der Waals surface area contributed by atoms with Crippen LogP contribution in [-0.2, 0) is 0 Å². The predicted molar refractivity (Wildman–Crippen MR) is 84.5 cm³/mol. The second kappa shape index (κ2) is 7.41. The molecule has 0 amide bonds. The number of ether oxygens (including phenoxy) is 1. The van der Waals surface area contributed by atoms with Gasteiger partial charge in [-0.3, -0.25) is 0 Å².